The molecule has 2 N–H and O–H groups in total. The maximum Gasteiger partial charge on any atom is 0.0170 e. The van der Waals surface area contributed by atoms with Crippen molar-refractivity contribution < 1.29 is 0 Å². The molecule has 2 aliphatic rings. The highest BCUT2D eigenvalue weighted by molar-refractivity contribution is 4.90. The second kappa shape index (κ2) is 5.50. The van der Waals surface area contributed by atoms with E-state index in [-0.39, 0.29) is 0 Å². The third kappa shape index (κ3) is 2.98. The minimum atomic E-state index is 0.388. The molecule has 0 aromatic carbocycles. The molecule has 2 heteroatoms. The van der Waals surface area contributed by atoms with Gasteiger partial charge < -0.3 is 5.73 Å². The first-order valence-corrected chi connectivity index (χ1v) is 7.16. The van der Waals surface area contributed by atoms with Gasteiger partial charge in [-0.25, -0.2) is 0 Å². The summed E-state index contributed by atoms with van der Waals surface area (Å²) in [6.07, 6.45) is 8.40. The van der Waals surface area contributed by atoms with Crippen molar-refractivity contribution >= 4 is 0 Å². The summed E-state index contributed by atoms with van der Waals surface area (Å²) in [6, 6.07) is 1.27. The van der Waals surface area contributed by atoms with Crippen LogP contribution in [0.1, 0.15) is 52.4 Å². The molecule has 0 aromatic heterocycles. The van der Waals surface area contributed by atoms with E-state index in [0.29, 0.717) is 6.04 Å². The Morgan fingerprint density at radius 1 is 1.19 bits per heavy atom. The monoisotopic (exact) mass is 224 g/mol. The lowest BCUT2D eigenvalue weighted by molar-refractivity contribution is 0.103. The van der Waals surface area contributed by atoms with Gasteiger partial charge in [0.2, 0.25) is 0 Å². The first-order chi connectivity index (χ1) is 7.66. The highest BCUT2D eigenvalue weighted by Crippen LogP contribution is 2.36. The van der Waals surface area contributed by atoms with Gasteiger partial charge in [0.05, 0.1) is 0 Å². The minimum absolute atomic E-state index is 0.388. The predicted molar refractivity (Wildman–Crippen MR) is 69.4 cm³/mol. The van der Waals surface area contributed by atoms with Crippen molar-refractivity contribution in [3.63, 3.8) is 0 Å². The molecular weight excluding hydrogens is 196 g/mol. The largest absolute Gasteiger partial charge is 0.327 e. The maximum absolute atomic E-state index is 6.25. The van der Waals surface area contributed by atoms with Crippen LogP contribution in [0.2, 0.25) is 0 Å². The van der Waals surface area contributed by atoms with Crippen molar-refractivity contribution in [2.75, 3.05) is 13.1 Å². The predicted octanol–water partition coefficient (Wildman–Crippen LogP) is 2.62. The van der Waals surface area contributed by atoms with Crippen LogP contribution in [-0.4, -0.2) is 30.1 Å². The Balaban J connectivity index is 1.83. The van der Waals surface area contributed by atoms with Crippen LogP contribution in [0.5, 0.6) is 0 Å². The molecule has 1 aliphatic carbocycles. The lowest BCUT2D eigenvalue weighted by Crippen LogP contribution is -2.48. The van der Waals surface area contributed by atoms with Crippen LogP contribution >= 0.6 is 0 Å². The molecule has 3 unspecified atom stereocenters. The summed E-state index contributed by atoms with van der Waals surface area (Å²) in [5.74, 6) is 1.74. The summed E-state index contributed by atoms with van der Waals surface area (Å²) < 4.78 is 0. The number of nitrogens with two attached hydrogens (primary N) is 1. The van der Waals surface area contributed by atoms with Crippen molar-refractivity contribution in [2.24, 2.45) is 17.6 Å². The van der Waals surface area contributed by atoms with E-state index in [4.69, 9.17) is 5.73 Å². The van der Waals surface area contributed by atoms with E-state index < -0.39 is 0 Å². The molecule has 3 atom stereocenters. The summed E-state index contributed by atoms with van der Waals surface area (Å²) in [6.45, 7) is 6.98. The molecule has 0 bridgehead atoms. The molecule has 0 spiro atoms. The molecule has 0 amide bonds. The topological polar surface area (TPSA) is 29.3 Å². The van der Waals surface area contributed by atoms with Crippen LogP contribution in [0.3, 0.4) is 0 Å². The molecule has 0 aromatic rings. The normalized spacial score (nSPS) is 33.0. The van der Waals surface area contributed by atoms with E-state index in [1.54, 1.807) is 0 Å². The summed E-state index contributed by atoms with van der Waals surface area (Å²) in [7, 11) is 0. The second-order valence-corrected chi connectivity index (χ2v) is 6.29. The Kier molecular flexibility index (Phi) is 4.26. The van der Waals surface area contributed by atoms with Crippen LogP contribution in [0, 0.1) is 11.8 Å². The highest BCUT2D eigenvalue weighted by Gasteiger charge is 2.35. The first kappa shape index (κ1) is 12.4. The highest BCUT2D eigenvalue weighted by atomic mass is 15.2. The molecule has 2 nitrogen and oxygen atoms in total. The lowest BCUT2D eigenvalue weighted by atomic mass is 9.91. The molecular formula is C14H28N2. The molecule has 2 rings (SSSR count). The second-order valence-electron chi connectivity index (χ2n) is 6.29. The van der Waals surface area contributed by atoms with E-state index in [9.17, 15) is 0 Å². The average molecular weight is 224 g/mol. The van der Waals surface area contributed by atoms with Gasteiger partial charge in [0.15, 0.2) is 0 Å². The number of hydrogen-bond donors (Lipinski definition) is 1. The van der Waals surface area contributed by atoms with E-state index in [0.717, 1.165) is 24.4 Å². The zero-order chi connectivity index (χ0) is 11.5. The summed E-state index contributed by atoms with van der Waals surface area (Å²) in [4.78, 5) is 2.70. The fourth-order valence-corrected chi connectivity index (χ4v) is 3.77. The third-order valence-corrected chi connectivity index (χ3v) is 4.35. The Labute approximate surface area is 101 Å². The van der Waals surface area contributed by atoms with Crippen LogP contribution in [0.4, 0.5) is 0 Å². The number of likely N-dealkylation sites (tertiary alicyclic amines) is 1. The van der Waals surface area contributed by atoms with Crippen LogP contribution < -0.4 is 5.73 Å². The average Bonchev–Trinajstić information content (AvgIpc) is 2.65. The van der Waals surface area contributed by atoms with Crippen molar-refractivity contribution in [2.45, 2.75) is 64.5 Å². The zero-order valence-electron chi connectivity index (χ0n) is 11.0. The van der Waals surface area contributed by atoms with Gasteiger partial charge in [-0.1, -0.05) is 20.3 Å². The SMILES string of the molecule is CC(C)CC(N)CN1CCCC2CCCC21. The van der Waals surface area contributed by atoms with Crippen molar-refractivity contribution in [3.8, 4) is 0 Å². The van der Waals surface area contributed by atoms with Crippen molar-refractivity contribution in [1.29, 1.82) is 0 Å². The summed E-state index contributed by atoms with van der Waals surface area (Å²) in [5.41, 5.74) is 6.25. The third-order valence-electron chi connectivity index (χ3n) is 4.35. The van der Waals surface area contributed by atoms with Gasteiger partial charge in [-0.15, -0.1) is 0 Å². The molecule has 0 radical (unpaired) electrons. The molecule has 1 saturated heterocycles. The van der Waals surface area contributed by atoms with Crippen molar-refractivity contribution in [1.82, 2.24) is 4.90 Å². The smallest absolute Gasteiger partial charge is 0.0170 e. The fraction of sp³-hybridized carbons (Fsp3) is 1.00. The summed E-state index contributed by atoms with van der Waals surface area (Å²) >= 11 is 0. The number of fused-ring (bicyclic) bond motifs is 1. The number of hydrogen-bond acceptors (Lipinski definition) is 2. The molecule has 1 saturated carbocycles. The van der Waals surface area contributed by atoms with Gasteiger partial charge in [0.25, 0.3) is 0 Å². The van der Waals surface area contributed by atoms with Crippen molar-refractivity contribution in [3.05, 3.63) is 0 Å². The zero-order valence-corrected chi connectivity index (χ0v) is 11.0. The van der Waals surface area contributed by atoms with Gasteiger partial charge in [-0.3, -0.25) is 4.90 Å². The van der Waals surface area contributed by atoms with E-state index in [2.05, 4.69) is 18.7 Å². The van der Waals surface area contributed by atoms with Gasteiger partial charge in [-0.2, -0.15) is 0 Å². The summed E-state index contributed by atoms with van der Waals surface area (Å²) in [5, 5.41) is 0. The van der Waals surface area contributed by atoms with Gasteiger partial charge in [0.1, 0.15) is 0 Å². The van der Waals surface area contributed by atoms with Crippen LogP contribution in [-0.2, 0) is 0 Å². The van der Waals surface area contributed by atoms with Gasteiger partial charge in [-0.05, 0) is 50.5 Å². The van der Waals surface area contributed by atoms with Gasteiger partial charge >= 0.3 is 0 Å². The molecule has 1 heterocycles. The first-order valence-electron chi connectivity index (χ1n) is 7.16. The number of rotatable bonds is 4. The van der Waals surface area contributed by atoms with Crippen LogP contribution in [0.15, 0.2) is 0 Å². The Morgan fingerprint density at radius 3 is 2.69 bits per heavy atom. The van der Waals surface area contributed by atoms with Crippen LogP contribution in [0.25, 0.3) is 0 Å². The number of piperidine rings is 1. The fourth-order valence-electron chi connectivity index (χ4n) is 3.77. The van der Waals surface area contributed by atoms with E-state index in [1.165, 1.54) is 45.1 Å². The quantitative estimate of drug-likeness (QED) is 0.795. The maximum atomic E-state index is 6.25. The van der Waals surface area contributed by atoms with E-state index in [1.807, 2.05) is 0 Å². The Hall–Kier alpha value is -0.0800. The molecule has 1 aliphatic heterocycles. The lowest BCUT2D eigenvalue weighted by Gasteiger charge is -2.39. The molecule has 94 valence electrons. The molecule has 2 fully saturated rings. The Morgan fingerprint density at radius 2 is 1.94 bits per heavy atom. The molecule has 16 heavy (non-hydrogen) atoms. The number of nitrogens with zero attached hydrogens (tertiary/aromatic N) is 1. The standard InChI is InChI=1S/C14H28N2/c1-11(2)9-13(15)10-16-8-4-6-12-5-3-7-14(12)16/h11-14H,3-10,15H2,1-2H3. The minimum Gasteiger partial charge on any atom is -0.327 e. The Bertz CT molecular complexity index is 215. The van der Waals surface area contributed by atoms with E-state index >= 15 is 0 Å². The van der Waals surface area contributed by atoms with Gasteiger partial charge in [0, 0.05) is 18.6 Å².